The van der Waals surface area contributed by atoms with E-state index in [0.717, 1.165) is 27.2 Å². The van der Waals surface area contributed by atoms with Crippen LogP contribution < -0.4 is 5.32 Å². The first-order valence-electron chi connectivity index (χ1n) is 10.2. The molecule has 0 radical (unpaired) electrons. The number of likely N-dealkylation sites (tertiary alicyclic amines) is 1. The Morgan fingerprint density at radius 1 is 1.10 bits per heavy atom. The molecule has 1 aliphatic heterocycles. The van der Waals surface area contributed by atoms with Crippen LogP contribution in [0.1, 0.15) is 30.4 Å². The third-order valence-electron chi connectivity index (χ3n) is 5.90. The van der Waals surface area contributed by atoms with Crippen LogP contribution in [0.5, 0.6) is 0 Å². The highest BCUT2D eigenvalue weighted by atomic mass is 16.5. The third-order valence-corrected chi connectivity index (χ3v) is 5.90. The largest absolute Gasteiger partial charge is 0.480 e. The highest BCUT2D eigenvalue weighted by Gasteiger charge is 2.40. The number of ether oxygens (including phenoxy) is 1. The molecule has 162 valence electrons. The van der Waals surface area contributed by atoms with E-state index in [-0.39, 0.29) is 25.5 Å². The van der Waals surface area contributed by atoms with E-state index in [1.807, 2.05) is 48.5 Å². The molecule has 1 fully saturated rings. The molecule has 4 rings (SSSR count). The number of hydrogen-bond donors (Lipinski definition) is 3. The maximum Gasteiger partial charge on any atom is 0.407 e. The molecule has 1 heterocycles. The lowest BCUT2D eigenvalue weighted by Crippen LogP contribution is -2.50. The molecule has 3 atom stereocenters. The lowest BCUT2D eigenvalue weighted by molar-refractivity contribution is -0.148. The van der Waals surface area contributed by atoms with Crippen molar-refractivity contribution in [2.75, 3.05) is 13.2 Å². The summed E-state index contributed by atoms with van der Waals surface area (Å²) in [6.07, 6.45) is -1.68. The fourth-order valence-electron chi connectivity index (χ4n) is 4.42. The van der Waals surface area contributed by atoms with Crippen LogP contribution in [0.3, 0.4) is 0 Å². The quantitative estimate of drug-likeness (QED) is 0.676. The number of carboxylic acid groups (broad SMARTS) is 1. The number of hydrogen-bond acceptors (Lipinski definition) is 5. The van der Waals surface area contributed by atoms with Gasteiger partial charge in [-0.25, -0.2) is 9.59 Å². The molecule has 0 saturated carbocycles. The molecule has 0 spiro atoms. The minimum absolute atomic E-state index is 0.0290. The van der Waals surface area contributed by atoms with Gasteiger partial charge < -0.3 is 25.2 Å². The Morgan fingerprint density at radius 3 is 2.26 bits per heavy atom. The third kappa shape index (κ3) is 3.98. The molecule has 31 heavy (non-hydrogen) atoms. The zero-order valence-corrected chi connectivity index (χ0v) is 17.0. The zero-order valence-electron chi connectivity index (χ0n) is 17.0. The monoisotopic (exact) mass is 424 g/mol. The van der Waals surface area contributed by atoms with E-state index >= 15 is 0 Å². The van der Waals surface area contributed by atoms with Crippen LogP contribution in [0.15, 0.2) is 48.5 Å². The fourth-order valence-corrected chi connectivity index (χ4v) is 4.42. The Morgan fingerprint density at radius 2 is 1.68 bits per heavy atom. The van der Waals surface area contributed by atoms with E-state index in [9.17, 15) is 24.6 Å². The van der Waals surface area contributed by atoms with Gasteiger partial charge in [-0.2, -0.15) is 0 Å². The fraction of sp³-hybridized carbons (Fsp3) is 0.348. The van der Waals surface area contributed by atoms with Crippen LogP contribution >= 0.6 is 0 Å². The maximum atomic E-state index is 12.6. The van der Waals surface area contributed by atoms with Crippen LogP contribution in [-0.2, 0) is 14.3 Å². The summed E-state index contributed by atoms with van der Waals surface area (Å²) in [5.41, 5.74) is 4.39. The Kier molecular flexibility index (Phi) is 5.65. The summed E-state index contributed by atoms with van der Waals surface area (Å²) in [4.78, 5) is 37.4. The molecular formula is C23H24N2O6. The molecule has 0 aromatic heterocycles. The predicted octanol–water partition coefficient (Wildman–Crippen LogP) is 1.96. The summed E-state index contributed by atoms with van der Waals surface area (Å²) in [6.45, 7) is 1.50. The Balaban J connectivity index is 1.39. The first kappa shape index (κ1) is 20.9. The van der Waals surface area contributed by atoms with Crippen molar-refractivity contribution in [2.45, 2.75) is 37.5 Å². The number of aliphatic hydroxyl groups excluding tert-OH is 1. The molecule has 2 aromatic carbocycles. The van der Waals surface area contributed by atoms with Gasteiger partial charge in [0.2, 0.25) is 5.91 Å². The molecule has 3 unspecified atom stereocenters. The molecular weight excluding hydrogens is 400 g/mol. The van der Waals surface area contributed by atoms with Crippen molar-refractivity contribution in [1.82, 2.24) is 10.2 Å². The van der Waals surface area contributed by atoms with Crippen LogP contribution in [0.4, 0.5) is 4.79 Å². The van der Waals surface area contributed by atoms with Crippen molar-refractivity contribution in [1.29, 1.82) is 0 Å². The number of aliphatic carboxylic acids is 1. The van der Waals surface area contributed by atoms with E-state index in [1.54, 1.807) is 0 Å². The number of aliphatic hydroxyl groups is 1. The number of carbonyl (C=O) groups is 3. The summed E-state index contributed by atoms with van der Waals surface area (Å²) in [5, 5.41) is 21.5. The van der Waals surface area contributed by atoms with Crippen LogP contribution in [0, 0.1) is 0 Å². The minimum Gasteiger partial charge on any atom is -0.480 e. The number of carbonyl (C=O) groups excluding carboxylic acids is 2. The number of nitrogens with zero attached hydrogens (tertiary/aromatic N) is 1. The summed E-state index contributed by atoms with van der Waals surface area (Å²) in [7, 11) is 0. The average molecular weight is 424 g/mol. The Hall–Kier alpha value is -3.39. The topological polar surface area (TPSA) is 116 Å². The van der Waals surface area contributed by atoms with Gasteiger partial charge >= 0.3 is 12.1 Å². The summed E-state index contributed by atoms with van der Waals surface area (Å²) < 4.78 is 5.43. The van der Waals surface area contributed by atoms with Gasteiger partial charge in [0.15, 0.2) is 0 Å². The molecule has 8 nitrogen and oxygen atoms in total. The molecule has 2 amide bonds. The Bertz CT molecular complexity index is 977. The highest BCUT2D eigenvalue weighted by Crippen LogP contribution is 2.44. The average Bonchev–Trinajstić information content (AvgIpc) is 3.30. The Labute approximate surface area is 179 Å². The number of benzene rings is 2. The van der Waals surface area contributed by atoms with Crippen molar-refractivity contribution in [2.24, 2.45) is 0 Å². The minimum atomic E-state index is -1.18. The molecule has 2 aliphatic rings. The van der Waals surface area contributed by atoms with E-state index in [4.69, 9.17) is 4.74 Å². The SMILES string of the molecule is CC(NC(=O)OCC1c2ccccc2-c2ccccc21)C(=O)N1CC(O)CC1C(=O)O. The van der Waals surface area contributed by atoms with Gasteiger partial charge in [-0.05, 0) is 29.2 Å². The van der Waals surface area contributed by atoms with E-state index in [1.165, 1.54) is 6.92 Å². The van der Waals surface area contributed by atoms with Crippen molar-refractivity contribution in [3.8, 4) is 11.1 Å². The molecule has 0 bridgehead atoms. The van der Waals surface area contributed by atoms with Crippen LogP contribution in [-0.4, -0.2) is 64.4 Å². The second-order valence-corrected chi connectivity index (χ2v) is 7.93. The van der Waals surface area contributed by atoms with Crippen molar-refractivity contribution < 1.29 is 29.3 Å². The highest BCUT2D eigenvalue weighted by molar-refractivity contribution is 5.89. The van der Waals surface area contributed by atoms with Crippen molar-refractivity contribution in [3.63, 3.8) is 0 Å². The van der Waals surface area contributed by atoms with Gasteiger partial charge in [0.05, 0.1) is 6.10 Å². The molecule has 2 aromatic rings. The van der Waals surface area contributed by atoms with Gasteiger partial charge in [-0.1, -0.05) is 48.5 Å². The summed E-state index contributed by atoms with van der Waals surface area (Å²) in [6, 6.07) is 13.9. The number of nitrogens with one attached hydrogen (secondary N) is 1. The second kappa shape index (κ2) is 8.39. The number of β-amino-alcohol motifs (C(OH)–C–C–N with tert-alkyl or cyclic N) is 1. The normalized spacial score (nSPS) is 20.6. The molecule has 1 saturated heterocycles. The number of alkyl carbamates (subject to hydrolysis) is 1. The van der Waals surface area contributed by atoms with E-state index in [0.29, 0.717) is 0 Å². The number of carboxylic acids is 1. The summed E-state index contributed by atoms with van der Waals surface area (Å²) >= 11 is 0. The lowest BCUT2D eigenvalue weighted by atomic mass is 9.98. The van der Waals surface area contributed by atoms with Gasteiger partial charge in [0, 0.05) is 18.9 Å². The molecule has 1 aliphatic carbocycles. The lowest BCUT2D eigenvalue weighted by Gasteiger charge is -2.25. The number of amides is 2. The van der Waals surface area contributed by atoms with Crippen molar-refractivity contribution >= 4 is 18.0 Å². The maximum absolute atomic E-state index is 12.6. The van der Waals surface area contributed by atoms with Gasteiger partial charge in [-0.3, -0.25) is 4.79 Å². The first-order chi connectivity index (χ1) is 14.9. The van der Waals surface area contributed by atoms with E-state index in [2.05, 4.69) is 5.32 Å². The zero-order chi connectivity index (χ0) is 22.1. The molecule has 3 N–H and O–H groups in total. The predicted molar refractivity (Wildman–Crippen MR) is 111 cm³/mol. The van der Waals surface area contributed by atoms with E-state index < -0.39 is 36.2 Å². The standard InChI is InChI=1S/C23H24N2O6/c1-13(21(27)25-11-14(26)10-20(25)22(28)29)24-23(30)31-12-19-17-8-4-2-6-15(17)16-7-3-5-9-18(16)19/h2-9,13-14,19-20,26H,10-12H2,1H3,(H,24,30)(H,28,29). The first-order valence-corrected chi connectivity index (χ1v) is 10.2. The van der Waals surface area contributed by atoms with Crippen LogP contribution in [0.25, 0.3) is 11.1 Å². The second-order valence-electron chi connectivity index (χ2n) is 7.93. The number of rotatable bonds is 5. The molecule has 8 heteroatoms. The van der Waals surface area contributed by atoms with Gasteiger partial charge in [0.25, 0.3) is 0 Å². The van der Waals surface area contributed by atoms with Gasteiger partial charge in [-0.15, -0.1) is 0 Å². The smallest absolute Gasteiger partial charge is 0.407 e. The van der Waals surface area contributed by atoms with Gasteiger partial charge in [0.1, 0.15) is 18.7 Å². The summed E-state index contributed by atoms with van der Waals surface area (Å²) in [5.74, 6) is -1.86. The van der Waals surface area contributed by atoms with Crippen LogP contribution in [0.2, 0.25) is 0 Å². The van der Waals surface area contributed by atoms with Crippen molar-refractivity contribution in [3.05, 3.63) is 59.7 Å². The number of fused-ring (bicyclic) bond motifs is 3.